The topological polar surface area (TPSA) is 84.7 Å². The molecule has 1 atom stereocenters. The molecule has 2 aliphatic rings. The van der Waals surface area contributed by atoms with Crippen LogP contribution in [0.25, 0.3) is 0 Å². The number of benzene rings is 1. The molecule has 1 saturated carbocycles. The Labute approximate surface area is 161 Å². The number of piperidine rings is 1. The van der Waals surface area contributed by atoms with E-state index in [0.29, 0.717) is 19.6 Å². The molecule has 1 saturated heterocycles. The van der Waals surface area contributed by atoms with Gasteiger partial charge in [-0.2, -0.15) is 0 Å². The largest absolute Gasteiger partial charge is 0.497 e. The lowest BCUT2D eigenvalue weighted by molar-refractivity contribution is -0.141. The van der Waals surface area contributed by atoms with Gasteiger partial charge in [-0.15, -0.1) is 0 Å². The number of nitrogens with two attached hydrogens (primary N) is 1. The number of carbonyl (C=O) groups is 2. The molecule has 1 aliphatic carbocycles. The molecular formula is C21H31N3O3. The summed E-state index contributed by atoms with van der Waals surface area (Å²) in [5.41, 5.74) is 6.04. The van der Waals surface area contributed by atoms with Crippen molar-refractivity contribution >= 4 is 11.8 Å². The smallest absolute Gasteiger partial charge is 0.233 e. The summed E-state index contributed by atoms with van der Waals surface area (Å²) < 4.78 is 5.38. The third-order valence-corrected chi connectivity index (χ3v) is 6.01. The van der Waals surface area contributed by atoms with E-state index in [0.717, 1.165) is 56.4 Å². The van der Waals surface area contributed by atoms with Crippen LogP contribution in [0.15, 0.2) is 24.3 Å². The summed E-state index contributed by atoms with van der Waals surface area (Å²) in [6.45, 7) is 2.14. The third kappa shape index (κ3) is 4.10. The van der Waals surface area contributed by atoms with E-state index in [4.69, 9.17) is 10.5 Å². The van der Waals surface area contributed by atoms with Crippen molar-refractivity contribution in [2.45, 2.75) is 43.9 Å². The summed E-state index contributed by atoms with van der Waals surface area (Å²) in [5, 5.41) is 2.87. The Morgan fingerprint density at radius 3 is 2.78 bits per heavy atom. The van der Waals surface area contributed by atoms with Crippen molar-refractivity contribution in [2.24, 2.45) is 11.7 Å². The summed E-state index contributed by atoms with van der Waals surface area (Å²) >= 11 is 0. The SMILES string of the molecule is COc1cccc(C2(C(=O)N3CCCC(C(=O)NCCN)C3)CCCC2)c1. The molecule has 0 spiro atoms. The minimum Gasteiger partial charge on any atom is -0.497 e. The van der Waals surface area contributed by atoms with E-state index < -0.39 is 5.41 Å². The lowest BCUT2D eigenvalue weighted by atomic mass is 9.76. The molecular weight excluding hydrogens is 342 g/mol. The van der Waals surface area contributed by atoms with Gasteiger partial charge >= 0.3 is 0 Å². The van der Waals surface area contributed by atoms with E-state index in [9.17, 15) is 9.59 Å². The Hall–Kier alpha value is -2.08. The van der Waals surface area contributed by atoms with Gasteiger partial charge in [-0.05, 0) is 43.4 Å². The van der Waals surface area contributed by atoms with Gasteiger partial charge in [0, 0.05) is 26.2 Å². The lowest BCUT2D eigenvalue weighted by Gasteiger charge is -2.39. The number of ether oxygens (including phenoxy) is 1. The van der Waals surface area contributed by atoms with Gasteiger partial charge in [0.25, 0.3) is 0 Å². The molecule has 2 amide bonds. The van der Waals surface area contributed by atoms with Gasteiger partial charge in [-0.3, -0.25) is 9.59 Å². The molecule has 6 heteroatoms. The van der Waals surface area contributed by atoms with E-state index in [1.54, 1.807) is 7.11 Å². The number of hydrogen-bond acceptors (Lipinski definition) is 4. The third-order valence-electron chi connectivity index (χ3n) is 6.01. The normalized spacial score (nSPS) is 21.7. The Morgan fingerprint density at radius 2 is 2.07 bits per heavy atom. The van der Waals surface area contributed by atoms with E-state index in [1.807, 2.05) is 29.2 Å². The van der Waals surface area contributed by atoms with Crippen LogP contribution in [-0.2, 0) is 15.0 Å². The number of amides is 2. The van der Waals surface area contributed by atoms with Crippen molar-refractivity contribution in [3.05, 3.63) is 29.8 Å². The molecule has 2 fully saturated rings. The van der Waals surface area contributed by atoms with Gasteiger partial charge in [0.15, 0.2) is 0 Å². The molecule has 1 aromatic carbocycles. The second-order valence-corrected chi connectivity index (χ2v) is 7.69. The highest BCUT2D eigenvalue weighted by atomic mass is 16.5. The zero-order chi connectivity index (χ0) is 19.3. The summed E-state index contributed by atoms with van der Waals surface area (Å²) in [4.78, 5) is 27.9. The lowest BCUT2D eigenvalue weighted by Crippen LogP contribution is -2.51. The predicted molar refractivity (Wildman–Crippen MR) is 105 cm³/mol. The van der Waals surface area contributed by atoms with Gasteiger partial charge in [0.05, 0.1) is 18.4 Å². The molecule has 6 nitrogen and oxygen atoms in total. The van der Waals surface area contributed by atoms with Crippen molar-refractivity contribution in [2.75, 3.05) is 33.3 Å². The Morgan fingerprint density at radius 1 is 1.30 bits per heavy atom. The molecule has 0 bridgehead atoms. The van der Waals surface area contributed by atoms with Gasteiger partial charge in [-0.25, -0.2) is 0 Å². The molecule has 0 aromatic heterocycles. The van der Waals surface area contributed by atoms with E-state index in [-0.39, 0.29) is 17.7 Å². The van der Waals surface area contributed by atoms with Crippen molar-refractivity contribution in [1.82, 2.24) is 10.2 Å². The predicted octanol–water partition coefficient (Wildman–Crippen LogP) is 1.82. The van der Waals surface area contributed by atoms with E-state index in [1.165, 1.54) is 0 Å². The van der Waals surface area contributed by atoms with Crippen LogP contribution in [0.3, 0.4) is 0 Å². The fourth-order valence-electron chi connectivity index (χ4n) is 4.54. The molecule has 1 aliphatic heterocycles. The summed E-state index contributed by atoms with van der Waals surface area (Å²) in [7, 11) is 1.65. The minimum absolute atomic E-state index is 0.0137. The first-order valence-corrected chi connectivity index (χ1v) is 10.0. The average Bonchev–Trinajstić information content (AvgIpc) is 3.22. The average molecular weight is 373 g/mol. The van der Waals surface area contributed by atoms with Crippen LogP contribution in [0, 0.1) is 5.92 Å². The van der Waals surface area contributed by atoms with Gasteiger partial charge in [-0.1, -0.05) is 25.0 Å². The molecule has 27 heavy (non-hydrogen) atoms. The molecule has 3 N–H and O–H groups in total. The highest BCUT2D eigenvalue weighted by Gasteiger charge is 2.46. The highest BCUT2D eigenvalue weighted by molar-refractivity contribution is 5.89. The van der Waals surface area contributed by atoms with Crippen molar-refractivity contribution in [3.63, 3.8) is 0 Å². The Kier molecular flexibility index (Phi) is 6.37. The van der Waals surface area contributed by atoms with Crippen molar-refractivity contribution in [1.29, 1.82) is 0 Å². The van der Waals surface area contributed by atoms with Crippen LogP contribution in [0.1, 0.15) is 44.1 Å². The maximum atomic E-state index is 13.6. The zero-order valence-electron chi connectivity index (χ0n) is 16.2. The number of rotatable bonds is 6. The standard InChI is InChI=1S/C21H31N3O3/c1-27-18-8-4-7-17(14-18)21(9-2-3-10-21)20(26)24-13-5-6-16(15-24)19(25)23-12-11-22/h4,7-8,14,16H,2-3,5-6,9-13,15,22H2,1H3,(H,23,25). The van der Waals surface area contributed by atoms with E-state index in [2.05, 4.69) is 5.32 Å². The number of methoxy groups -OCH3 is 1. The molecule has 148 valence electrons. The van der Waals surface area contributed by atoms with E-state index >= 15 is 0 Å². The summed E-state index contributed by atoms with van der Waals surface area (Å²) in [6.07, 6.45) is 5.51. The van der Waals surface area contributed by atoms with Gasteiger partial charge in [0.2, 0.25) is 11.8 Å². The number of carbonyl (C=O) groups excluding carboxylic acids is 2. The number of likely N-dealkylation sites (tertiary alicyclic amines) is 1. The van der Waals surface area contributed by atoms with Crippen LogP contribution < -0.4 is 15.8 Å². The maximum Gasteiger partial charge on any atom is 0.233 e. The number of nitrogens with one attached hydrogen (secondary N) is 1. The first-order valence-electron chi connectivity index (χ1n) is 10.0. The quantitative estimate of drug-likeness (QED) is 0.797. The summed E-state index contributed by atoms with van der Waals surface area (Å²) in [6, 6.07) is 7.91. The minimum atomic E-state index is -0.482. The molecule has 3 rings (SSSR count). The fourth-order valence-corrected chi connectivity index (χ4v) is 4.54. The van der Waals surface area contributed by atoms with Crippen LogP contribution in [0.5, 0.6) is 5.75 Å². The van der Waals surface area contributed by atoms with Crippen LogP contribution in [-0.4, -0.2) is 50.0 Å². The number of hydrogen-bond donors (Lipinski definition) is 2. The van der Waals surface area contributed by atoms with Gasteiger partial charge in [0.1, 0.15) is 5.75 Å². The molecule has 1 aromatic rings. The van der Waals surface area contributed by atoms with Crippen molar-refractivity contribution in [3.8, 4) is 5.75 Å². The molecule has 1 unspecified atom stereocenters. The monoisotopic (exact) mass is 373 g/mol. The second-order valence-electron chi connectivity index (χ2n) is 7.69. The first kappa shape index (κ1) is 19.7. The molecule has 1 heterocycles. The first-order chi connectivity index (χ1) is 13.1. The second kappa shape index (κ2) is 8.74. The van der Waals surface area contributed by atoms with Crippen LogP contribution >= 0.6 is 0 Å². The molecule has 0 radical (unpaired) electrons. The summed E-state index contributed by atoms with van der Waals surface area (Å²) in [5.74, 6) is 0.826. The van der Waals surface area contributed by atoms with Crippen LogP contribution in [0.2, 0.25) is 0 Å². The zero-order valence-corrected chi connectivity index (χ0v) is 16.2. The van der Waals surface area contributed by atoms with Gasteiger partial charge < -0.3 is 20.7 Å². The number of nitrogens with zero attached hydrogens (tertiary/aromatic N) is 1. The van der Waals surface area contributed by atoms with Crippen LogP contribution in [0.4, 0.5) is 0 Å². The fraction of sp³-hybridized carbons (Fsp3) is 0.619. The highest BCUT2D eigenvalue weighted by Crippen LogP contribution is 2.44. The van der Waals surface area contributed by atoms with Crippen molar-refractivity contribution < 1.29 is 14.3 Å². The Balaban J connectivity index is 1.79. The maximum absolute atomic E-state index is 13.6. The Bertz CT molecular complexity index is 670.